The predicted octanol–water partition coefficient (Wildman–Crippen LogP) is 1.94. The molecule has 0 bridgehead atoms. The third-order valence-corrected chi connectivity index (χ3v) is 7.06. The van der Waals surface area contributed by atoms with Crippen LogP contribution in [0.15, 0.2) is 34.2 Å². The van der Waals surface area contributed by atoms with E-state index in [-0.39, 0.29) is 17.3 Å². The van der Waals surface area contributed by atoms with E-state index in [0.717, 1.165) is 29.9 Å². The number of hydrogen-bond acceptors (Lipinski definition) is 6. The Morgan fingerprint density at radius 2 is 2.14 bits per heavy atom. The molecule has 0 aliphatic carbocycles. The fourth-order valence-corrected chi connectivity index (χ4v) is 5.68. The van der Waals surface area contributed by atoms with Gasteiger partial charge in [0.1, 0.15) is 11.4 Å². The highest BCUT2D eigenvalue weighted by Gasteiger charge is 2.26. The number of aromatic nitrogens is 2. The first-order valence-electron chi connectivity index (χ1n) is 8.82. The van der Waals surface area contributed by atoms with Gasteiger partial charge in [0.2, 0.25) is 0 Å². The van der Waals surface area contributed by atoms with Crippen LogP contribution in [0.4, 0.5) is 0 Å². The van der Waals surface area contributed by atoms with Gasteiger partial charge in [0.05, 0.1) is 42.4 Å². The van der Waals surface area contributed by atoms with Crippen LogP contribution in [-0.2, 0) is 22.5 Å². The third-order valence-electron chi connectivity index (χ3n) is 4.77. The van der Waals surface area contributed by atoms with Gasteiger partial charge in [-0.2, -0.15) is 0 Å². The lowest BCUT2D eigenvalue weighted by Crippen LogP contribution is -3.08. The highest BCUT2D eigenvalue weighted by Crippen LogP contribution is 2.31. The molecule has 0 spiro atoms. The Balaban J connectivity index is 1.92. The largest absolute Gasteiger partial charge is 0.468 e. The lowest BCUT2D eigenvalue weighted by atomic mass is 10.1. The number of likely N-dealkylation sites (N-methyl/N-ethyl adjacent to an activating group) is 1. The van der Waals surface area contributed by atoms with Gasteiger partial charge in [0.15, 0.2) is 5.16 Å². The number of thiophene rings is 1. The molecule has 0 saturated heterocycles. The van der Waals surface area contributed by atoms with E-state index in [2.05, 4.69) is 7.05 Å². The Hall–Kier alpha value is -1.87. The van der Waals surface area contributed by atoms with Crippen LogP contribution < -0.4 is 10.5 Å². The summed E-state index contributed by atoms with van der Waals surface area (Å²) >= 11 is 8.80. The minimum atomic E-state index is -0.363. The summed E-state index contributed by atoms with van der Waals surface area (Å²) in [5, 5.41) is 1.77. The van der Waals surface area contributed by atoms with Crippen molar-refractivity contribution in [2.45, 2.75) is 18.1 Å². The number of quaternary nitrogens is 1. The van der Waals surface area contributed by atoms with Crippen molar-refractivity contribution in [2.75, 3.05) is 26.5 Å². The first-order chi connectivity index (χ1) is 13.5. The van der Waals surface area contributed by atoms with Crippen molar-refractivity contribution >= 4 is 50.9 Å². The Morgan fingerprint density at radius 1 is 1.39 bits per heavy atom. The SMILES string of the molecule is COC(=O)CSc1nc2sc3c(c2c(=O)n1-c1ccc(Cl)cc1)CC[NH+](C)C3. The number of hydrogen-bond donors (Lipinski definition) is 1. The summed E-state index contributed by atoms with van der Waals surface area (Å²) in [6.07, 6.45) is 0.868. The van der Waals surface area contributed by atoms with Crippen LogP contribution in [0.5, 0.6) is 0 Å². The number of nitrogens with zero attached hydrogens (tertiary/aromatic N) is 2. The molecule has 1 aromatic carbocycles. The number of fused-ring (bicyclic) bond motifs is 3. The number of rotatable bonds is 4. The quantitative estimate of drug-likeness (QED) is 0.384. The summed E-state index contributed by atoms with van der Waals surface area (Å²) in [4.78, 5) is 33.3. The van der Waals surface area contributed by atoms with Gasteiger partial charge in [-0.25, -0.2) is 4.98 Å². The molecule has 1 atom stereocenters. The molecule has 1 aliphatic heterocycles. The van der Waals surface area contributed by atoms with E-state index in [0.29, 0.717) is 21.3 Å². The van der Waals surface area contributed by atoms with E-state index in [9.17, 15) is 9.59 Å². The Labute approximate surface area is 175 Å². The minimum Gasteiger partial charge on any atom is -0.468 e. The summed E-state index contributed by atoms with van der Waals surface area (Å²) < 4.78 is 6.31. The van der Waals surface area contributed by atoms with Crippen LogP contribution in [0, 0.1) is 0 Å². The van der Waals surface area contributed by atoms with Crippen molar-refractivity contribution in [1.82, 2.24) is 9.55 Å². The van der Waals surface area contributed by atoms with Crippen LogP contribution in [0.2, 0.25) is 5.02 Å². The fraction of sp³-hybridized carbons (Fsp3) is 0.316. The number of benzene rings is 1. The van der Waals surface area contributed by atoms with E-state index in [1.54, 1.807) is 40.2 Å². The van der Waals surface area contributed by atoms with Gasteiger partial charge in [-0.3, -0.25) is 14.2 Å². The van der Waals surface area contributed by atoms with Gasteiger partial charge < -0.3 is 9.64 Å². The monoisotopic (exact) mass is 436 g/mol. The number of thioether (sulfide) groups is 1. The van der Waals surface area contributed by atoms with Crippen LogP contribution in [0.1, 0.15) is 10.4 Å². The molecule has 1 unspecified atom stereocenters. The lowest BCUT2D eigenvalue weighted by molar-refractivity contribution is -0.895. The fourth-order valence-electron chi connectivity index (χ4n) is 3.34. The number of methoxy groups -OCH3 is 1. The summed E-state index contributed by atoms with van der Waals surface area (Å²) in [5.74, 6) is -0.280. The third kappa shape index (κ3) is 3.57. The summed E-state index contributed by atoms with van der Waals surface area (Å²) in [6.45, 7) is 1.90. The number of halogens is 1. The van der Waals surface area contributed by atoms with E-state index in [1.165, 1.54) is 28.6 Å². The maximum atomic E-state index is 13.5. The molecule has 1 N–H and O–H groups in total. The van der Waals surface area contributed by atoms with E-state index in [4.69, 9.17) is 21.3 Å². The maximum absolute atomic E-state index is 13.5. The van der Waals surface area contributed by atoms with Gasteiger partial charge >= 0.3 is 5.97 Å². The number of esters is 1. The molecule has 0 saturated carbocycles. The standard InChI is InChI=1S/C19H18ClN3O3S2/c1-22-8-7-13-14(9-22)28-17-16(13)18(25)23(12-5-3-11(20)4-6-12)19(21-17)27-10-15(24)26-2/h3-6H,7-10H2,1-2H3/p+1. The molecule has 146 valence electrons. The summed E-state index contributed by atoms with van der Waals surface area (Å²) in [7, 11) is 3.50. The zero-order chi connectivity index (χ0) is 19.8. The van der Waals surface area contributed by atoms with Crippen molar-refractivity contribution in [1.29, 1.82) is 0 Å². The molecule has 0 amide bonds. The number of ether oxygens (including phenoxy) is 1. The zero-order valence-corrected chi connectivity index (χ0v) is 17.8. The Kier molecular flexibility index (Phi) is 5.46. The van der Waals surface area contributed by atoms with Crippen molar-refractivity contribution in [2.24, 2.45) is 0 Å². The van der Waals surface area contributed by atoms with Crippen LogP contribution in [-0.4, -0.2) is 42.0 Å². The number of carbonyl (C=O) groups excluding carboxylic acids is 1. The number of carbonyl (C=O) groups is 1. The minimum absolute atomic E-state index is 0.0833. The second-order valence-electron chi connectivity index (χ2n) is 6.69. The van der Waals surface area contributed by atoms with E-state index in [1.807, 2.05) is 0 Å². The van der Waals surface area contributed by atoms with Crippen LogP contribution >= 0.6 is 34.7 Å². The molecule has 3 aromatic rings. The molecule has 9 heteroatoms. The second kappa shape index (κ2) is 7.87. The average molecular weight is 437 g/mol. The van der Waals surface area contributed by atoms with Gasteiger partial charge in [-0.1, -0.05) is 23.4 Å². The summed E-state index contributed by atoms with van der Waals surface area (Å²) in [5.41, 5.74) is 1.70. The maximum Gasteiger partial charge on any atom is 0.316 e. The average Bonchev–Trinajstić information content (AvgIpc) is 3.04. The summed E-state index contributed by atoms with van der Waals surface area (Å²) in [6, 6.07) is 7.06. The molecular formula is C19H19ClN3O3S2+. The molecule has 6 nitrogen and oxygen atoms in total. The van der Waals surface area contributed by atoms with Crippen LogP contribution in [0.25, 0.3) is 15.9 Å². The normalized spacial score (nSPS) is 16.2. The first-order valence-corrected chi connectivity index (χ1v) is 11.0. The first kappa shape index (κ1) is 19.4. The smallest absolute Gasteiger partial charge is 0.316 e. The second-order valence-corrected chi connectivity index (χ2v) is 9.16. The molecular weight excluding hydrogens is 418 g/mol. The van der Waals surface area contributed by atoms with E-state index >= 15 is 0 Å². The van der Waals surface area contributed by atoms with Gasteiger partial charge in [-0.15, -0.1) is 11.3 Å². The Bertz CT molecular complexity index is 1110. The molecule has 28 heavy (non-hydrogen) atoms. The predicted molar refractivity (Wildman–Crippen MR) is 112 cm³/mol. The van der Waals surface area contributed by atoms with Gasteiger partial charge in [0, 0.05) is 11.4 Å². The van der Waals surface area contributed by atoms with Crippen LogP contribution in [0.3, 0.4) is 0 Å². The van der Waals surface area contributed by atoms with Crippen molar-refractivity contribution in [3.8, 4) is 5.69 Å². The van der Waals surface area contributed by atoms with Crippen molar-refractivity contribution in [3.05, 3.63) is 50.1 Å². The molecule has 3 heterocycles. The molecule has 0 radical (unpaired) electrons. The zero-order valence-electron chi connectivity index (χ0n) is 15.5. The molecule has 0 fully saturated rings. The highest BCUT2D eigenvalue weighted by atomic mass is 35.5. The van der Waals surface area contributed by atoms with Gasteiger partial charge in [0.25, 0.3) is 5.56 Å². The van der Waals surface area contributed by atoms with Gasteiger partial charge in [-0.05, 0) is 29.8 Å². The van der Waals surface area contributed by atoms with Crippen molar-refractivity contribution < 1.29 is 14.4 Å². The highest BCUT2D eigenvalue weighted by molar-refractivity contribution is 7.99. The molecule has 4 rings (SSSR count). The lowest BCUT2D eigenvalue weighted by Gasteiger charge is -2.19. The number of nitrogens with one attached hydrogen (secondary N) is 1. The molecule has 1 aliphatic rings. The molecule has 2 aromatic heterocycles. The topological polar surface area (TPSA) is 65.6 Å². The van der Waals surface area contributed by atoms with E-state index < -0.39 is 0 Å². The Morgan fingerprint density at radius 3 is 2.86 bits per heavy atom. The van der Waals surface area contributed by atoms with Crippen molar-refractivity contribution in [3.63, 3.8) is 0 Å².